The molecule has 0 aliphatic heterocycles. The molecule has 0 N–H and O–H groups in total. The number of nitrogens with zero attached hydrogens (tertiary/aromatic N) is 3. The van der Waals surface area contributed by atoms with Crippen LogP contribution in [0.5, 0.6) is 6.01 Å². The Hall–Kier alpha value is -2.48. The first-order chi connectivity index (χ1) is 11.3. The number of hydrogen-bond donors (Lipinski definition) is 0. The van der Waals surface area contributed by atoms with Crippen LogP contribution in [0.4, 0.5) is 17.6 Å². The number of pyridine rings is 1. The van der Waals surface area contributed by atoms with Gasteiger partial charge in [-0.2, -0.15) is 13.2 Å². The lowest BCUT2D eigenvalue weighted by Crippen LogP contribution is -2.27. The fraction of sp³-hybridized carbons (Fsp3) is 0.133. The summed E-state index contributed by atoms with van der Waals surface area (Å²) in [6.45, 7) is 0. The van der Waals surface area contributed by atoms with Gasteiger partial charge in [0, 0.05) is 22.2 Å². The van der Waals surface area contributed by atoms with Crippen molar-refractivity contribution in [2.24, 2.45) is 0 Å². The second-order valence-electron chi connectivity index (χ2n) is 4.79. The summed E-state index contributed by atoms with van der Waals surface area (Å²) >= 11 is 5.84. The maximum atomic E-state index is 13.5. The van der Waals surface area contributed by atoms with Crippen molar-refractivity contribution < 1.29 is 22.3 Å². The number of benzene rings is 1. The number of ether oxygens (including phenoxy) is 1. The number of halogens is 5. The highest BCUT2D eigenvalue weighted by atomic mass is 35.5. The Balaban J connectivity index is 2.08. The molecule has 1 unspecified atom stereocenters. The van der Waals surface area contributed by atoms with E-state index in [4.69, 9.17) is 16.3 Å². The highest BCUT2D eigenvalue weighted by molar-refractivity contribution is 6.31. The molecule has 0 fully saturated rings. The molecule has 0 bridgehead atoms. The molecule has 4 nitrogen and oxygen atoms in total. The third-order valence-corrected chi connectivity index (χ3v) is 3.37. The number of hydrogen-bond acceptors (Lipinski definition) is 4. The van der Waals surface area contributed by atoms with Gasteiger partial charge in [0.1, 0.15) is 0 Å². The normalized spacial score (nSPS) is 13.0. The highest BCUT2D eigenvalue weighted by Gasteiger charge is 2.44. The zero-order valence-electron chi connectivity index (χ0n) is 11.8. The van der Waals surface area contributed by atoms with Crippen LogP contribution in [0.15, 0.2) is 42.9 Å². The summed E-state index contributed by atoms with van der Waals surface area (Å²) in [7, 11) is 0. The Morgan fingerprint density at radius 1 is 1.04 bits per heavy atom. The SMILES string of the molecule is Fc1cnc(OC(c2ccnc3cc(Cl)ccc23)C(F)(F)F)nc1. The molecule has 1 aromatic carbocycles. The van der Waals surface area contributed by atoms with Crippen molar-refractivity contribution in [3.8, 4) is 6.01 Å². The maximum absolute atomic E-state index is 13.5. The van der Waals surface area contributed by atoms with Gasteiger partial charge in [0.15, 0.2) is 5.82 Å². The van der Waals surface area contributed by atoms with E-state index in [9.17, 15) is 17.6 Å². The van der Waals surface area contributed by atoms with Crippen molar-refractivity contribution in [2.45, 2.75) is 12.3 Å². The lowest BCUT2D eigenvalue weighted by molar-refractivity contribution is -0.199. The van der Waals surface area contributed by atoms with Gasteiger partial charge < -0.3 is 4.74 Å². The van der Waals surface area contributed by atoms with Gasteiger partial charge in [-0.25, -0.2) is 14.4 Å². The van der Waals surface area contributed by atoms with E-state index in [0.717, 1.165) is 12.4 Å². The zero-order valence-corrected chi connectivity index (χ0v) is 12.5. The summed E-state index contributed by atoms with van der Waals surface area (Å²) in [5.41, 5.74) is 0.120. The van der Waals surface area contributed by atoms with Gasteiger partial charge >= 0.3 is 12.2 Å². The predicted molar refractivity (Wildman–Crippen MR) is 78.2 cm³/mol. The van der Waals surface area contributed by atoms with Crippen LogP contribution in [0.3, 0.4) is 0 Å². The van der Waals surface area contributed by atoms with Crippen molar-refractivity contribution in [1.82, 2.24) is 15.0 Å². The van der Waals surface area contributed by atoms with Gasteiger partial charge in [-0.05, 0) is 18.2 Å². The van der Waals surface area contributed by atoms with E-state index in [1.165, 1.54) is 30.5 Å². The third kappa shape index (κ3) is 3.38. The van der Waals surface area contributed by atoms with E-state index >= 15 is 0 Å². The molecule has 3 aromatic rings. The summed E-state index contributed by atoms with van der Waals surface area (Å²) in [4.78, 5) is 10.8. The molecule has 0 saturated carbocycles. The summed E-state index contributed by atoms with van der Waals surface area (Å²) in [6, 6.07) is 4.93. The first kappa shape index (κ1) is 16.4. The van der Waals surface area contributed by atoms with E-state index < -0.39 is 24.1 Å². The lowest BCUT2D eigenvalue weighted by Gasteiger charge is -2.22. The minimum atomic E-state index is -4.74. The number of aromatic nitrogens is 3. The molecule has 0 aliphatic rings. The molecule has 3 rings (SSSR count). The Morgan fingerprint density at radius 2 is 1.75 bits per heavy atom. The molecular weight excluding hydrogens is 350 g/mol. The van der Waals surface area contributed by atoms with Crippen LogP contribution in [-0.4, -0.2) is 21.1 Å². The second kappa shape index (κ2) is 6.20. The van der Waals surface area contributed by atoms with E-state index in [-0.39, 0.29) is 16.5 Å². The summed E-state index contributed by atoms with van der Waals surface area (Å²) in [5.74, 6) is -0.782. The van der Waals surface area contributed by atoms with Crippen LogP contribution < -0.4 is 4.74 Å². The summed E-state index contributed by atoms with van der Waals surface area (Å²) in [6.07, 6.45) is -4.41. The Bertz CT molecular complexity index is 871. The van der Waals surface area contributed by atoms with Crippen LogP contribution in [0, 0.1) is 5.82 Å². The van der Waals surface area contributed by atoms with Gasteiger partial charge in [-0.3, -0.25) is 4.98 Å². The van der Waals surface area contributed by atoms with Gasteiger partial charge in [0.05, 0.1) is 17.9 Å². The monoisotopic (exact) mass is 357 g/mol. The summed E-state index contributed by atoms with van der Waals surface area (Å²) < 4.78 is 58.1. The van der Waals surface area contributed by atoms with Crippen molar-refractivity contribution >= 4 is 22.5 Å². The van der Waals surface area contributed by atoms with Crippen molar-refractivity contribution in [1.29, 1.82) is 0 Å². The van der Waals surface area contributed by atoms with Gasteiger partial charge in [0.25, 0.3) is 0 Å². The smallest absolute Gasteiger partial charge is 0.429 e. The Kier molecular flexibility index (Phi) is 4.23. The summed E-state index contributed by atoms with van der Waals surface area (Å²) in [5, 5.41) is 0.574. The number of alkyl halides is 3. The number of fused-ring (bicyclic) bond motifs is 1. The largest absolute Gasteiger partial charge is 0.445 e. The first-order valence-corrected chi connectivity index (χ1v) is 6.97. The molecule has 0 amide bonds. The van der Waals surface area contributed by atoms with Gasteiger partial charge in [-0.15, -0.1) is 0 Å². The molecule has 0 saturated heterocycles. The van der Waals surface area contributed by atoms with E-state index in [1.807, 2.05) is 0 Å². The molecule has 2 heterocycles. The standard InChI is InChI=1S/C15H8ClF4N3O/c16-8-1-2-10-11(3-4-21-12(10)5-8)13(15(18,19)20)24-14-22-6-9(17)7-23-14/h1-7,13H. The molecule has 2 aromatic heterocycles. The fourth-order valence-corrected chi connectivity index (χ4v) is 2.31. The Morgan fingerprint density at radius 3 is 2.42 bits per heavy atom. The predicted octanol–water partition coefficient (Wildman–Crippen LogP) is 4.50. The third-order valence-electron chi connectivity index (χ3n) is 3.14. The van der Waals surface area contributed by atoms with Crippen LogP contribution >= 0.6 is 11.6 Å². The molecular formula is C15H8ClF4N3O. The number of rotatable bonds is 3. The maximum Gasteiger partial charge on any atom is 0.429 e. The molecule has 0 aliphatic carbocycles. The average molecular weight is 358 g/mol. The van der Waals surface area contributed by atoms with E-state index in [0.29, 0.717) is 5.02 Å². The zero-order chi connectivity index (χ0) is 17.3. The Labute approximate surface area is 138 Å². The molecule has 24 heavy (non-hydrogen) atoms. The van der Waals surface area contributed by atoms with Crippen molar-refractivity contribution in [3.63, 3.8) is 0 Å². The van der Waals surface area contributed by atoms with E-state index in [1.54, 1.807) is 0 Å². The average Bonchev–Trinajstić information content (AvgIpc) is 2.52. The van der Waals surface area contributed by atoms with E-state index in [2.05, 4.69) is 15.0 Å². The van der Waals surface area contributed by atoms with Gasteiger partial charge in [-0.1, -0.05) is 17.7 Å². The fourth-order valence-electron chi connectivity index (χ4n) is 2.15. The highest BCUT2D eigenvalue weighted by Crippen LogP contribution is 2.38. The van der Waals surface area contributed by atoms with Crippen LogP contribution in [0.1, 0.15) is 11.7 Å². The second-order valence-corrected chi connectivity index (χ2v) is 5.22. The lowest BCUT2D eigenvalue weighted by atomic mass is 10.0. The molecule has 124 valence electrons. The minimum Gasteiger partial charge on any atom is -0.445 e. The molecule has 0 spiro atoms. The van der Waals surface area contributed by atoms with Crippen molar-refractivity contribution in [3.05, 3.63) is 59.3 Å². The first-order valence-electron chi connectivity index (χ1n) is 6.59. The molecule has 1 atom stereocenters. The van der Waals surface area contributed by atoms with Crippen LogP contribution in [-0.2, 0) is 0 Å². The molecule has 0 radical (unpaired) electrons. The topological polar surface area (TPSA) is 47.9 Å². The minimum absolute atomic E-state index is 0.169. The van der Waals surface area contributed by atoms with Crippen molar-refractivity contribution in [2.75, 3.05) is 0 Å². The van der Waals surface area contributed by atoms with Gasteiger partial charge in [0.2, 0.25) is 6.10 Å². The quantitative estimate of drug-likeness (QED) is 0.648. The molecule has 9 heteroatoms. The van der Waals surface area contributed by atoms with Crippen LogP contribution in [0.2, 0.25) is 5.02 Å². The van der Waals surface area contributed by atoms with Crippen LogP contribution in [0.25, 0.3) is 10.9 Å².